The van der Waals surface area contributed by atoms with Crippen molar-refractivity contribution in [3.63, 3.8) is 0 Å². The summed E-state index contributed by atoms with van der Waals surface area (Å²) in [6.07, 6.45) is 0. The van der Waals surface area contributed by atoms with Crippen LogP contribution in [0.2, 0.25) is 0 Å². The summed E-state index contributed by atoms with van der Waals surface area (Å²) >= 11 is 0. The van der Waals surface area contributed by atoms with E-state index in [4.69, 9.17) is 6.57 Å². The number of carbonyl (C=O) groups is 1. The Kier molecular flexibility index (Phi) is 1.69. The predicted molar refractivity (Wildman–Crippen MR) is 61.6 cm³/mol. The van der Waals surface area contributed by atoms with Gasteiger partial charge in [0.1, 0.15) is 0 Å². The van der Waals surface area contributed by atoms with Gasteiger partial charge in [0.05, 0.1) is 6.57 Å². The van der Waals surface area contributed by atoms with Crippen LogP contribution in [-0.4, -0.2) is 5.78 Å². The van der Waals surface area contributed by atoms with Crippen LogP contribution in [0.5, 0.6) is 0 Å². The molecule has 0 amide bonds. The molecule has 74 valence electrons. The van der Waals surface area contributed by atoms with Crippen LogP contribution < -0.4 is 0 Å². The summed E-state index contributed by atoms with van der Waals surface area (Å²) in [5.74, 6) is 0.0575. The summed E-state index contributed by atoms with van der Waals surface area (Å²) in [5, 5.41) is 0. The molecule has 16 heavy (non-hydrogen) atoms. The molecule has 0 bridgehead atoms. The molecule has 0 fully saturated rings. The molecule has 0 saturated heterocycles. The van der Waals surface area contributed by atoms with Gasteiger partial charge in [-0.05, 0) is 17.2 Å². The van der Waals surface area contributed by atoms with Crippen LogP contribution >= 0.6 is 0 Å². The molecule has 0 atom stereocenters. The van der Waals surface area contributed by atoms with Gasteiger partial charge in [-0.3, -0.25) is 4.79 Å². The van der Waals surface area contributed by atoms with Crippen LogP contribution in [0.4, 0.5) is 5.69 Å². The van der Waals surface area contributed by atoms with Crippen LogP contribution in [0.25, 0.3) is 16.0 Å². The van der Waals surface area contributed by atoms with Gasteiger partial charge in [0.2, 0.25) is 0 Å². The van der Waals surface area contributed by atoms with Crippen molar-refractivity contribution >= 4 is 11.5 Å². The van der Waals surface area contributed by atoms with E-state index in [2.05, 4.69) is 4.85 Å². The Balaban J connectivity index is 2.36. The first-order valence-corrected chi connectivity index (χ1v) is 4.97. The smallest absolute Gasteiger partial charge is 0.194 e. The lowest BCUT2D eigenvalue weighted by Gasteiger charge is -1.99. The summed E-state index contributed by atoms with van der Waals surface area (Å²) in [4.78, 5) is 15.4. The highest BCUT2D eigenvalue weighted by Crippen LogP contribution is 2.38. The lowest BCUT2D eigenvalue weighted by atomic mass is 10.1. The van der Waals surface area contributed by atoms with Gasteiger partial charge in [0.15, 0.2) is 11.5 Å². The fraction of sp³-hybridized carbons (Fsp3) is 0. The molecular formula is C14H7NO. The van der Waals surface area contributed by atoms with Crippen molar-refractivity contribution in [2.75, 3.05) is 0 Å². The first-order chi connectivity index (χ1) is 7.81. The topological polar surface area (TPSA) is 21.4 Å². The number of hydrogen-bond acceptors (Lipinski definition) is 1. The molecule has 0 aromatic heterocycles. The summed E-state index contributed by atoms with van der Waals surface area (Å²) < 4.78 is 0. The molecule has 2 nitrogen and oxygen atoms in total. The van der Waals surface area contributed by atoms with Crippen LogP contribution in [0.3, 0.4) is 0 Å². The largest absolute Gasteiger partial charge is 0.289 e. The minimum Gasteiger partial charge on any atom is -0.289 e. The Morgan fingerprint density at radius 1 is 0.875 bits per heavy atom. The van der Waals surface area contributed by atoms with E-state index in [1.165, 1.54) is 0 Å². The highest BCUT2D eigenvalue weighted by molar-refractivity contribution is 6.21. The summed E-state index contributed by atoms with van der Waals surface area (Å²) in [7, 11) is 0. The van der Waals surface area contributed by atoms with E-state index < -0.39 is 0 Å². The molecule has 2 aromatic carbocycles. The molecule has 2 heteroatoms. The molecule has 0 heterocycles. The van der Waals surface area contributed by atoms with Crippen LogP contribution in [0.1, 0.15) is 15.9 Å². The van der Waals surface area contributed by atoms with Crippen LogP contribution in [-0.2, 0) is 0 Å². The zero-order valence-corrected chi connectivity index (χ0v) is 8.40. The molecule has 0 aliphatic heterocycles. The maximum Gasteiger partial charge on any atom is 0.194 e. The Hall–Kier alpha value is -2.40. The molecule has 0 N–H and O–H groups in total. The lowest BCUT2D eigenvalue weighted by molar-refractivity contribution is 0.104. The van der Waals surface area contributed by atoms with Crippen LogP contribution in [0, 0.1) is 6.57 Å². The second-order valence-electron chi connectivity index (χ2n) is 3.72. The molecule has 0 radical (unpaired) electrons. The summed E-state index contributed by atoms with van der Waals surface area (Å²) in [5.41, 5.74) is 3.83. The lowest BCUT2D eigenvalue weighted by Crippen LogP contribution is -1.93. The fourth-order valence-electron chi connectivity index (χ4n) is 2.08. The van der Waals surface area contributed by atoms with Crippen molar-refractivity contribution in [2.24, 2.45) is 0 Å². The first kappa shape index (κ1) is 8.87. The third-order valence-electron chi connectivity index (χ3n) is 2.84. The summed E-state index contributed by atoms with van der Waals surface area (Å²) in [6.45, 7) is 6.98. The Morgan fingerprint density at radius 3 is 2.31 bits per heavy atom. The number of ketones is 1. The van der Waals surface area contributed by atoms with Crippen LogP contribution in [0.15, 0.2) is 42.5 Å². The number of nitrogens with zero attached hydrogens (tertiary/aromatic N) is 1. The quantitative estimate of drug-likeness (QED) is 0.515. The van der Waals surface area contributed by atoms with Gasteiger partial charge >= 0.3 is 0 Å². The highest BCUT2D eigenvalue weighted by Gasteiger charge is 2.25. The van der Waals surface area contributed by atoms with Gasteiger partial charge in [-0.1, -0.05) is 36.4 Å². The minimum absolute atomic E-state index is 0.0575. The van der Waals surface area contributed by atoms with E-state index >= 15 is 0 Å². The van der Waals surface area contributed by atoms with E-state index in [0.717, 1.165) is 16.7 Å². The maximum absolute atomic E-state index is 12.0. The Labute approximate surface area is 93.0 Å². The number of carbonyl (C=O) groups excluding carboxylic acids is 1. The third-order valence-corrected chi connectivity index (χ3v) is 2.84. The molecule has 0 spiro atoms. The summed E-state index contributed by atoms with van der Waals surface area (Å²) in [6, 6.07) is 12.7. The van der Waals surface area contributed by atoms with Crippen molar-refractivity contribution in [3.8, 4) is 11.1 Å². The van der Waals surface area contributed by atoms with Gasteiger partial charge in [-0.25, -0.2) is 4.85 Å². The zero-order chi connectivity index (χ0) is 11.1. The predicted octanol–water partition coefficient (Wildman–Crippen LogP) is 3.45. The van der Waals surface area contributed by atoms with Gasteiger partial charge < -0.3 is 0 Å². The van der Waals surface area contributed by atoms with Crippen molar-refractivity contribution in [1.82, 2.24) is 0 Å². The molecule has 1 aliphatic rings. The third kappa shape index (κ3) is 1.03. The second kappa shape index (κ2) is 3.04. The van der Waals surface area contributed by atoms with E-state index in [1.807, 2.05) is 24.3 Å². The highest BCUT2D eigenvalue weighted by atomic mass is 16.1. The number of rotatable bonds is 0. The average Bonchev–Trinajstić information content (AvgIpc) is 2.64. The first-order valence-electron chi connectivity index (χ1n) is 4.97. The van der Waals surface area contributed by atoms with Crippen molar-refractivity contribution in [3.05, 3.63) is 65.0 Å². The molecule has 2 aromatic rings. The molecule has 3 rings (SSSR count). The fourth-order valence-corrected chi connectivity index (χ4v) is 2.08. The normalized spacial score (nSPS) is 11.8. The van der Waals surface area contributed by atoms with E-state index in [0.29, 0.717) is 11.3 Å². The number of fused-ring (bicyclic) bond motifs is 3. The standard InChI is InChI=1S/C14H7NO/c1-15-9-6-7-12-13(8-9)10-4-2-3-5-11(10)14(12)16/h2-8H. The SMILES string of the molecule is [C-]#[N+]c1ccc2c(c1)-c1ccccc1C2=O. The average molecular weight is 205 g/mol. The van der Waals surface area contributed by atoms with Gasteiger partial charge in [0, 0.05) is 11.1 Å². The molecule has 1 aliphatic carbocycles. The van der Waals surface area contributed by atoms with Gasteiger partial charge in [0.25, 0.3) is 0 Å². The van der Waals surface area contributed by atoms with E-state index in [9.17, 15) is 4.79 Å². The van der Waals surface area contributed by atoms with Gasteiger partial charge in [-0.2, -0.15) is 0 Å². The maximum atomic E-state index is 12.0. The molecule has 0 unspecified atom stereocenters. The van der Waals surface area contributed by atoms with Crippen molar-refractivity contribution in [2.45, 2.75) is 0 Å². The minimum atomic E-state index is 0.0575. The number of hydrogen-bond donors (Lipinski definition) is 0. The second-order valence-corrected chi connectivity index (χ2v) is 3.72. The number of benzene rings is 2. The molecule has 0 saturated carbocycles. The zero-order valence-electron chi connectivity index (χ0n) is 8.40. The van der Waals surface area contributed by atoms with Crippen molar-refractivity contribution in [1.29, 1.82) is 0 Å². The Morgan fingerprint density at radius 2 is 1.56 bits per heavy atom. The van der Waals surface area contributed by atoms with Crippen molar-refractivity contribution < 1.29 is 4.79 Å². The van der Waals surface area contributed by atoms with Gasteiger partial charge in [-0.15, -0.1) is 0 Å². The Bertz CT molecular complexity index is 650. The van der Waals surface area contributed by atoms with E-state index in [1.54, 1.807) is 18.2 Å². The molecular weight excluding hydrogens is 198 g/mol. The monoisotopic (exact) mass is 205 g/mol. The van der Waals surface area contributed by atoms with E-state index in [-0.39, 0.29) is 5.78 Å².